The van der Waals surface area contributed by atoms with E-state index >= 15 is 0 Å². The maximum absolute atomic E-state index is 11.1. The second-order valence-electron chi connectivity index (χ2n) is 4.43. The molecule has 1 aliphatic heterocycles. The van der Waals surface area contributed by atoms with Gasteiger partial charge in [-0.15, -0.1) is 0 Å². The zero-order valence-corrected chi connectivity index (χ0v) is 8.24. The predicted octanol–water partition coefficient (Wildman–Crippen LogP) is 0.463. The van der Waals surface area contributed by atoms with E-state index in [4.69, 9.17) is 15.6 Å². The minimum absolute atomic E-state index is 0.282. The Kier molecular flexibility index (Phi) is 2.49. The van der Waals surface area contributed by atoms with E-state index in [1.54, 1.807) is 0 Å². The number of carboxylic acid groups (broad SMARTS) is 1. The third kappa shape index (κ3) is 1.42. The molecule has 4 heteroatoms. The first kappa shape index (κ1) is 9.93. The summed E-state index contributed by atoms with van der Waals surface area (Å²) in [5, 5.41) is 9.09. The van der Waals surface area contributed by atoms with Crippen molar-refractivity contribution < 1.29 is 14.6 Å². The van der Waals surface area contributed by atoms with Crippen LogP contribution in [0, 0.1) is 17.3 Å². The quantitative estimate of drug-likeness (QED) is 0.692. The molecule has 2 fully saturated rings. The number of rotatable bonds is 3. The minimum atomic E-state index is -0.712. The highest BCUT2D eigenvalue weighted by molar-refractivity contribution is 5.79. The van der Waals surface area contributed by atoms with Crippen LogP contribution in [0.2, 0.25) is 0 Å². The van der Waals surface area contributed by atoms with Gasteiger partial charge in [0.2, 0.25) is 0 Å². The second kappa shape index (κ2) is 3.51. The largest absolute Gasteiger partial charge is 0.481 e. The van der Waals surface area contributed by atoms with Gasteiger partial charge in [-0.25, -0.2) is 0 Å². The van der Waals surface area contributed by atoms with E-state index < -0.39 is 11.4 Å². The van der Waals surface area contributed by atoms with E-state index in [9.17, 15) is 4.79 Å². The average molecular weight is 199 g/mol. The molecule has 2 aliphatic rings. The lowest BCUT2D eigenvalue weighted by Crippen LogP contribution is -2.30. The summed E-state index contributed by atoms with van der Waals surface area (Å²) < 4.78 is 5.26. The van der Waals surface area contributed by atoms with Crippen LogP contribution in [0.5, 0.6) is 0 Å². The number of aliphatic carboxylic acids is 1. The second-order valence-corrected chi connectivity index (χ2v) is 4.43. The Labute approximate surface area is 83.4 Å². The molecule has 0 radical (unpaired) electrons. The molecule has 1 saturated heterocycles. The van der Waals surface area contributed by atoms with Crippen LogP contribution in [0.1, 0.15) is 19.3 Å². The Morgan fingerprint density at radius 2 is 2.14 bits per heavy atom. The van der Waals surface area contributed by atoms with Gasteiger partial charge < -0.3 is 15.6 Å². The highest BCUT2D eigenvalue weighted by Crippen LogP contribution is 2.58. The molecule has 3 N–H and O–H groups in total. The Balaban J connectivity index is 1.98. The van der Waals surface area contributed by atoms with Gasteiger partial charge in [0.15, 0.2) is 0 Å². The van der Waals surface area contributed by atoms with Crippen molar-refractivity contribution in [2.24, 2.45) is 23.0 Å². The fourth-order valence-corrected chi connectivity index (χ4v) is 2.64. The lowest BCUT2D eigenvalue weighted by atomic mass is 9.89. The first-order valence-corrected chi connectivity index (χ1v) is 5.22. The molecule has 0 aromatic rings. The van der Waals surface area contributed by atoms with Gasteiger partial charge in [-0.1, -0.05) is 0 Å². The van der Waals surface area contributed by atoms with E-state index in [-0.39, 0.29) is 6.54 Å². The van der Waals surface area contributed by atoms with Gasteiger partial charge in [0.25, 0.3) is 0 Å². The summed E-state index contributed by atoms with van der Waals surface area (Å²) in [6.07, 6.45) is 2.77. The summed E-state index contributed by atoms with van der Waals surface area (Å²) in [7, 11) is 0. The maximum atomic E-state index is 11.1. The number of carbonyl (C=O) groups is 1. The van der Waals surface area contributed by atoms with Crippen molar-refractivity contribution in [3.05, 3.63) is 0 Å². The van der Waals surface area contributed by atoms with Gasteiger partial charge in [-0.3, -0.25) is 4.79 Å². The standard InChI is InChI=1S/C10H17NO3/c11-6-10(9(12)13)5-8(10)7-1-3-14-4-2-7/h7-8H,1-6,11H2,(H,12,13). The number of hydrogen-bond acceptors (Lipinski definition) is 3. The predicted molar refractivity (Wildman–Crippen MR) is 50.8 cm³/mol. The highest BCUT2D eigenvalue weighted by Gasteiger charge is 2.61. The number of ether oxygens (including phenoxy) is 1. The first-order valence-electron chi connectivity index (χ1n) is 5.22. The summed E-state index contributed by atoms with van der Waals surface area (Å²) in [6, 6.07) is 0. The lowest BCUT2D eigenvalue weighted by Gasteiger charge is -2.23. The Bertz CT molecular complexity index is 238. The summed E-state index contributed by atoms with van der Waals surface area (Å²) in [5.74, 6) is 0.105. The van der Waals surface area contributed by atoms with Crippen LogP contribution in [0.3, 0.4) is 0 Å². The van der Waals surface area contributed by atoms with Crippen LogP contribution >= 0.6 is 0 Å². The fourth-order valence-electron chi connectivity index (χ4n) is 2.64. The van der Waals surface area contributed by atoms with E-state index in [1.807, 2.05) is 0 Å². The van der Waals surface area contributed by atoms with E-state index in [1.165, 1.54) is 0 Å². The molecule has 80 valence electrons. The first-order chi connectivity index (χ1) is 6.70. The van der Waals surface area contributed by atoms with Crippen molar-refractivity contribution in [1.29, 1.82) is 0 Å². The zero-order chi connectivity index (χ0) is 10.2. The highest BCUT2D eigenvalue weighted by atomic mass is 16.5. The van der Waals surface area contributed by atoms with Crippen LogP contribution in [-0.4, -0.2) is 30.8 Å². The molecular formula is C10H17NO3. The summed E-state index contributed by atoms with van der Waals surface area (Å²) in [5.41, 5.74) is 4.96. The minimum Gasteiger partial charge on any atom is -0.481 e. The molecule has 0 aromatic carbocycles. The molecule has 2 rings (SSSR count). The van der Waals surface area contributed by atoms with Gasteiger partial charge in [0, 0.05) is 19.8 Å². The normalized spacial score (nSPS) is 38.2. The molecule has 4 nitrogen and oxygen atoms in total. The third-order valence-electron chi connectivity index (χ3n) is 3.76. The summed E-state index contributed by atoms with van der Waals surface area (Å²) in [6.45, 7) is 1.84. The molecule has 0 spiro atoms. The lowest BCUT2D eigenvalue weighted by molar-refractivity contribution is -0.144. The maximum Gasteiger partial charge on any atom is 0.311 e. The van der Waals surface area contributed by atoms with Crippen molar-refractivity contribution in [1.82, 2.24) is 0 Å². The monoisotopic (exact) mass is 199 g/mol. The van der Waals surface area contributed by atoms with Crippen LogP contribution in [0.4, 0.5) is 0 Å². The third-order valence-corrected chi connectivity index (χ3v) is 3.76. The molecule has 2 unspecified atom stereocenters. The fraction of sp³-hybridized carbons (Fsp3) is 0.900. The molecule has 2 atom stereocenters. The van der Waals surface area contributed by atoms with Gasteiger partial charge in [0.1, 0.15) is 0 Å². The Morgan fingerprint density at radius 1 is 1.50 bits per heavy atom. The molecule has 0 bridgehead atoms. The van der Waals surface area contributed by atoms with E-state index in [0.717, 1.165) is 32.5 Å². The zero-order valence-electron chi connectivity index (χ0n) is 8.24. The van der Waals surface area contributed by atoms with Crippen LogP contribution < -0.4 is 5.73 Å². The average Bonchev–Trinajstić information content (AvgIpc) is 2.95. The van der Waals surface area contributed by atoms with Crippen LogP contribution in [0.25, 0.3) is 0 Å². The van der Waals surface area contributed by atoms with Gasteiger partial charge in [-0.05, 0) is 31.1 Å². The van der Waals surface area contributed by atoms with Gasteiger partial charge in [-0.2, -0.15) is 0 Å². The van der Waals surface area contributed by atoms with Crippen molar-refractivity contribution in [2.45, 2.75) is 19.3 Å². The topological polar surface area (TPSA) is 72.6 Å². The summed E-state index contributed by atoms with van der Waals surface area (Å²) in [4.78, 5) is 11.1. The molecule has 1 heterocycles. The molecule has 0 amide bonds. The summed E-state index contributed by atoms with van der Waals surface area (Å²) >= 11 is 0. The van der Waals surface area contributed by atoms with Crippen molar-refractivity contribution >= 4 is 5.97 Å². The van der Waals surface area contributed by atoms with Crippen molar-refractivity contribution in [3.63, 3.8) is 0 Å². The Morgan fingerprint density at radius 3 is 2.57 bits per heavy atom. The van der Waals surface area contributed by atoms with Crippen LogP contribution in [-0.2, 0) is 9.53 Å². The van der Waals surface area contributed by atoms with Crippen molar-refractivity contribution in [2.75, 3.05) is 19.8 Å². The molecular weight excluding hydrogens is 182 g/mol. The number of hydrogen-bond donors (Lipinski definition) is 2. The van der Waals surface area contributed by atoms with E-state index in [2.05, 4.69) is 0 Å². The van der Waals surface area contributed by atoms with Gasteiger partial charge >= 0.3 is 5.97 Å². The molecule has 1 aliphatic carbocycles. The molecule has 14 heavy (non-hydrogen) atoms. The number of carboxylic acids is 1. The van der Waals surface area contributed by atoms with Crippen molar-refractivity contribution in [3.8, 4) is 0 Å². The van der Waals surface area contributed by atoms with Gasteiger partial charge in [0.05, 0.1) is 5.41 Å². The molecule has 1 saturated carbocycles. The Hall–Kier alpha value is -0.610. The SMILES string of the molecule is NCC1(C(=O)O)CC1C1CCOCC1. The number of nitrogens with two attached hydrogens (primary N) is 1. The smallest absolute Gasteiger partial charge is 0.311 e. The van der Waals surface area contributed by atoms with Crippen LogP contribution in [0.15, 0.2) is 0 Å². The van der Waals surface area contributed by atoms with E-state index in [0.29, 0.717) is 11.8 Å². The molecule has 0 aromatic heterocycles.